The van der Waals surface area contributed by atoms with Gasteiger partial charge in [0, 0.05) is 30.8 Å². The van der Waals surface area contributed by atoms with Crippen LogP contribution in [0.2, 0.25) is 0 Å². The van der Waals surface area contributed by atoms with Crippen LogP contribution in [0.25, 0.3) is 5.65 Å². The number of nitrogens with zero attached hydrogens (tertiary/aromatic N) is 4. The number of fused-ring (bicyclic) bond motifs is 1. The van der Waals surface area contributed by atoms with Gasteiger partial charge >= 0.3 is 0 Å². The Morgan fingerprint density at radius 2 is 1.91 bits per heavy atom. The van der Waals surface area contributed by atoms with E-state index >= 15 is 0 Å². The number of hydrogen-bond donors (Lipinski definition) is 1. The third kappa shape index (κ3) is 4.44. The molecule has 0 aliphatic carbocycles. The molecular weight excluding hydrogens is 406 g/mol. The summed E-state index contributed by atoms with van der Waals surface area (Å²) in [5.74, 6) is 1.30. The molecule has 1 aliphatic heterocycles. The lowest BCUT2D eigenvalue weighted by Gasteiger charge is -2.35. The minimum Gasteiger partial charge on any atom is -0.497 e. The number of benzene rings is 1. The molecule has 168 valence electrons. The summed E-state index contributed by atoms with van der Waals surface area (Å²) < 4.78 is 7.14. The Bertz CT molecular complexity index is 1090. The summed E-state index contributed by atoms with van der Waals surface area (Å²) in [5.41, 5.74) is 1.30. The summed E-state index contributed by atoms with van der Waals surface area (Å²) in [6.45, 7) is 5.14. The fraction of sp³-hybridized carbons (Fsp3) is 0.417. The van der Waals surface area contributed by atoms with E-state index in [1.54, 1.807) is 31.4 Å². The summed E-state index contributed by atoms with van der Waals surface area (Å²) in [7, 11) is 1.58. The zero-order chi connectivity index (χ0) is 22.7. The first kappa shape index (κ1) is 21.8. The van der Waals surface area contributed by atoms with Crippen molar-refractivity contribution in [3.8, 4) is 5.75 Å². The number of rotatable bonds is 6. The Balaban J connectivity index is 1.48. The molecule has 1 aromatic carbocycles. The van der Waals surface area contributed by atoms with Crippen molar-refractivity contribution in [2.75, 3.05) is 20.2 Å². The number of methoxy groups -OCH3 is 1. The molecule has 1 aliphatic rings. The SMILES string of the molecule is COc1ccc(C(=O)NC(C(=O)N2CCCC(c3nnc4ccccn34)C2)C(C)C)cc1. The molecule has 2 atom stereocenters. The van der Waals surface area contributed by atoms with Gasteiger partial charge in [-0.15, -0.1) is 10.2 Å². The average Bonchev–Trinajstić information content (AvgIpc) is 3.26. The zero-order valence-electron chi connectivity index (χ0n) is 18.7. The predicted octanol–water partition coefficient (Wildman–Crippen LogP) is 2.90. The van der Waals surface area contributed by atoms with Gasteiger partial charge < -0.3 is 15.0 Å². The third-order valence-corrected chi connectivity index (χ3v) is 6.01. The normalized spacial score (nSPS) is 17.4. The van der Waals surface area contributed by atoms with Crippen LogP contribution in [0.3, 0.4) is 0 Å². The van der Waals surface area contributed by atoms with Gasteiger partial charge in [0.1, 0.15) is 17.6 Å². The first-order valence-electron chi connectivity index (χ1n) is 11.0. The van der Waals surface area contributed by atoms with E-state index in [0.29, 0.717) is 24.4 Å². The number of carbonyl (C=O) groups excluding carboxylic acids is 2. The van der Waals surface area contributed by atoms with Gasteiger partial charge in [0.25, 0.3) is 5.91 Å². The Morgan fingerprint density at radius 3 is 2.62 bits per heavy atom. The van der Waals surface area contributed by atoms with Gasteiger partial charge in [0.2, 0.25) is 5.91 Å². The second-order valence-electron chi connectivity index (χ2n) is 8.53. The van der Waals surface area contributed by atoms with Crippen LogP contribution in [0.4, 0.5) is 0 Å². The first-order valence-corrected chi connectivity index (χ1v) is 11.0. The minimum atomic E-state index is -0.599. The number of carbonyl (C=O) groups is 2. The van der Waals surface area contributed by atoms with E-state index in [4.69, 9.17) is 4.74 Å². The van der Waals surface area contributed by atoms with E-state index in [1.165, 1.54) is 0 Å². The largest absolute Gasteiger partial charge is 0.497 e. The van der Waals surface area contributed by atoms with Gasteiger partial charge in [-0.1, -0.05) is 19.9 Å². The molecule has 2 amide bonds. The average molecular weight is 436 g/mol. The van der Waals surface area contributed by atoms with Gasteiger partial charge in [-0.25, -0.2) is 0 Å². The monoisotopic (exact) mass is 435 g/mol. The van der Waals surface area contributed by atoms with E-state index in [2.05, 4.69) is 15.5 Å². The highest BCUT2D eigenvalue weighted by Crippen LogP contribution is 2.27. The van der Waals surface area contributed by atoms with Crippen molar-refractivity contribution in [1.29, 1.82) is 0 Å². The highest BCUT2D eigenvalue weighted by molar-refractivity contribution is 5.97. The molecular formula is C24H29N5O3. The van der Waals surface area contributed by atoms with Crippen molar-refractivity contribution in [2.45, 2.75) is 38.6 Å². The van der Waals surface area contributed by atoms with Crippen LogP contribution in [0.5, 0.6) is 5.75 Å². The Hall–Kier alpha value is -3.42. The lowest BCUT2D eigenvalue weighted by Crippen LogP contribution is -2.53. The van der Waals surface area contributed by atoms with Gasteiger partial charge in [-0.2, -0.15) is 0 Å². The van der Waals surface area contributed by atoms with Crippen molar-refractivity contribution in [2.24, 2.45) is 5.92 Å². The summed E-state index contributed by atoms with van der Waals surface area (Å²) in [5, 5.41) is 11.6. The lowest BCUT2D eigenvalue weighted by atomic mass is 9.95. The number of nitrogens with one attached hydrogen (secondary N) is 1. The molecule has 2 unspecified atom stereocenters. The van der Waals surface area contributed by atoms with Crippen molar-refractivity contribution in [1.82, 2.24) is 24.8 Å². The molecule has 2 aromatic heterocycles. The van der Waals surface area contributed by atoms with Gasteiger partial charge in [0.05, 0.1) is 7.11 Å². The maximum absolute atomic E-state index is 13.4. The van der Waals surface area contributed by atoms with E-state index in [9.17, 15) is 9.59 Å². The second kappa shape index (κ2) is 9.38. The predicted molar refractivity (Wildman–Crippen MR) is 121 cm³/mol. The minimum absolute atomic E-state index is 0.0426. The molecule has 0 bridgehead atoms. The molecule has 32 heavy (non-hydrogen) atoms. The van der Waals surface area contributed by atoms with Crippen molar-refractivity contribution < 1.29 is 14.3 Å². The maximum Gasteiger partial charge on any atom is 0.251 e. The lowest BCUT2D eigenvalue weighted by molar-refractivity contribution is -0.135. The van der Waals surface area contributed by atoms with Crippen molar-refractivity contribution in [3.63, 3.8) is 0 Å². The maximum atomic E-state index is 13.4. The van der Waals surface area contributed by atoms with E-state index in [-0.39, 0.29) is 23.7 Å². The second-order valence-corrected chi connectivity index (χ2v) is 8.53. The van der Waals surface area contributed by atoms with E-state index in [0.717, 1.165) is 24.3 Å². The number of hydrogen-bond acceptors (Lipinski definition) is 5. The summed E-state index contributed by atoms with van der Waals surface area (Å²) in [6.07, 6.45) is 3.79. The van der Waals surface area contributed by atoms with Crippen LogP contribution < -0.4 is 10.1 Å². The van der Waals surface area contributed by atoms with Crippen LogP contribution >= 0.6 is 0 Å². The number of amides is 2. The molecule has 8 heteroatoms. The topological polar surface area (TPSA) is 88.8 Å². The molecule has 3 heterocycles. The highest BCUT2D eigenvalue weighted by atomic mass is 16.5. The van der Waals surface area contributed by atoms with Crippen LogP contribution in [0.15, 0.2) is 48.7 Å². The molecule has 1 N–H and O–H groups in total. The van der Waals surface area contributed by atoms with Crippen LogP contribution in [-0.2, 0) is 4.79 Å². The van der Waals surface area contributed by atoms with Crippen LogP contribution in [0.1, 0.15) is 48.8 Å². The fourth-order valence-electron chi connectivity index (χ4n) is 4.20. The van der Waals surface area contributed by atoms with Crippen LogP contribution in [-0.4, -0.2) is 57.6 Å². The zero-order valence-corrected chi connectivity index (χ0v) is 18.7. The highest BCUT2D eigenvalue weighted by Gasteiger charge is 2.33. The number of piperidine rings is 1. The number of likely N-dealkylation sites (tertiary alicyclic amines) is 1. The van der Waals surface area contributed by atoms with Crippen LogP contribution in [0, 0.1) is 5.92 Å². The molecule has 8 nitrogen and oxygen atoms in total. The summed E-state index contributed by atoms with van der Waals surface area (Å²) >= 11 is 0. The molecule has 1 fully saturated rings. The van der Waals surface area contributed by atoms with E-state index in [1.807, 2.05) is 47.5 Å². The molecule has 0 radical (unpaired) electrons. The van der Waals surface area contributed by atoms with Gasteiger partial charge in [-0.3, -0.25) is 14.0 Å². The quantitative estimate of drug-likeness (QED) is 0.643. The number of aromatic nitrogens is 3. The molecule has 0 spiro atoms. The Kier molecular flexibility index (Phi) is 6.39. The smallest absolute Gasteiger partial charge is 0.251 e. The summed E-state index contributed by atoms with van der Waals surface area (Å²) in [6, 6.07) is 12.1. The van der Waals surface area contributed by atoms with Gasteiger partial charge in [-0.05, 0) is 55.2 Å². The van der Waals surface area contributed by atoms with Crippen molar-refractivity contribution in [3.05, 3.63) is 60.0 Å². The standard InChI is InChI=1S/C24H29N5O3/c1-16(2)21(25-23(30)17-9-11-19(32-3)12-10-17)24(31)28-13-6-7-18(15-28)22-27-26-20-8-4-5-14-29(20)22/h4-5,8-12,14,16,18,21H,6-7,13,15H2,1-3H3,(H,25,30). The third-order valence-electron chi connectivity index (χ3n) is 6.01. The summed E-state index contributed by atoms with van der Waals surface area (Å²) in [4.78, 5) is 28.1. The van der Waals surface area contributed by atoms with Crippen molar-refractivity contribution >= 4 is 17.5 Å². The molecule has 3 aromatic rings. The molecule has 1 saturated heterocycles. The Labute approximate surface area is 187 Å². The molecule has 4 rings (SSSR count). The Morgan fingerprint density at radius 1 is 1.12 bits per heavy atom. The number of pyridine rings is 1. The van der Waals surface area contributed by atoms with Gasteiger partial charge in [0.15, 0.2) is 5.65 Å². The number of ether oxygens (including phenoxy) is 1. The van der Waals surface area contributed by atoms with E-state index < -0.39 is 6.04 Å². The molecule has 0 saturated carbocycles. The first-order chi connectivity index (χ1) is 15.5. The fourth-order valence-corrected chi connectivity index (χ4v) is 4.20.